The van der Waals surface area contributed by atoms with Gasteiger partial charge < -0.3 is 14.4 Å². The molecule has 2 heterocycles. The van der Waals surface area contributed by atoms with E-state index in [1.165, 1.54) is 38.5 Å². The highest BCUT2D eigenvalue weighted by Crippen LogP contribution is 2.49. The molecule has 136 valence electrons. The Balaban J connectivity index is 1.39. The van der Waals surface area contributed by atoms with Crippen LogP contribution in [0.15, 0.2) is 30.3 Å². The summed E-state index contributed by atoms with van der Waals surface area (Å²) in [7, 11) is 0. The number of nitrogens with zero attached hydrogens (tertiary/aromatic N) is 1. The second-order valence-corrected chi connectivity index (χ2v) is 7.93. The van der Waals surface area contributed by atoms with Crippen molar-refractivity contribution < 1.29 is 14.3 Å². The summed E-state index contributed by atoms with van der Waals surface area (Å²) in [6.45, 7) is 1.94. The van der Waals surface area contributed by atoms with Gasteiger partial charge in [0.15, 0.2) is 0 Å². The molecule has 2 aliphatic heterocycles. The van der Waals surface area contributed by atoms with Gasteiger partial charge in [0.2, 0.25) is 5.91 Å². The van der Waals surface area contributed by atoms with Gasteiger partial charge in [-0.15, -0.1) is 0 Å². The molecule has 2 atom stereocenters. The predicted molar refractivity (Wildman–Crippen MR) is 95.8 cm³/mol. The summed E-state index contributed by atoms with van der Waals surface area (Å²) in [5.41, 5.74) is 1.36. The molecule has 0 N–H and O–H groups in total. The first-order valence-electron chi connectivity index (χ1n) is 9.83. The molecule has 25 heavy (non-hydrogen) atoms. The zero-order valence-corrected chi connectivity index (χ0v) is 15.0. The second kappa shape index (κ2) is 7.46. The SMILES string of the molecule is O=C1C[C@@H](COCc2ccccc2)O[C@@H]2N1CCCC21CCCCC1. The predicted octanol–water partition coefficient (Wildman–Crippen LogP) is 3.89. The molecule has 1 aliphatic carbocycles. The topological polar surface area (TPSA) is 38.8 Å². The maximum atomic E-state index is 12.7. The average Bonchev–Trinajstić information content (AvgIpc) is 2.65. The molecular formula is C21H29NO3. The highest BCUT2D eigenvalue weighted by atomic mass is 16.6. The van der Waals surface area contributed by atoms with E-state index in [2.05, 4.69) is 12.1 Å². The maximum absolute atomic E-state index is 12.7. The summed E-state index contributed by atoms with van der Waals surface area (Å²) in [4.78, 5) is 14.7. The minimum absolute atomic E-state index is 0.0203. The Bertz CT molecular complexity index is 577. The maximum Gasteiger partial charge on any atom is 0.227 e. The zero-order chi connectivity index (χ0) is 17.1. The molecule has 0 radical (unpaired) electrons. The number of amides is 1. The molecule has 1 saturated carbocycles. The smallest absolute Gasteiger partial charge is 0.227 e. The van der Waals surface area contributed by atoms with Gasteiger partial charge in [0, 0.05) is 12.0 Å². The van der Waals surface area contributed by atoms with Crippen molar-refractivity contribution in [2.45, 2.75) is 70.3 Å². The first-order chi connectivity index (χ1) is 12.3. The molecule has 0 unspecified atom stereocenters. The Kier molecular flexibility index (Phi) is 5.09. The van der Waals surface area contributed by atoms with E-state index in [0.29, 0.717) is 19.6 Å². The minimum Gasteiger partial charge on any atom is -0.374 e. The molecule has 4 nitrogen and oxygen atoms in total. The van der Waals surface area contributed by atoms with E-state index in [-0.39, 0.29) is 23.7 Å². The fraction of sp³-hybridized carbons (Fsp3) is 0.667. The Hall–Kier alpha value is -1.39. The number of hydrogen-bond donors (Lipinski definition) is 0. The van der Waals surface area contributed by atoms with Gasteiger partial charge >= 0.3 is 0 Å². The summed E-state index contributed by atoms with van der Waals surface area (Å²) in [5.74, 6) is 0.259. The van der Waals surface area contributed by atoms with Crippen molar-refractivity contribution in [1.82, 2.24) is 4.90 Å². The van der Waals surface area contributed by atoms with Gasteiger partial charge in [0.25, 0.3) is 0 Å². The van der Waals surface area contributed by atoms with Crippen molar-refractivity contribution in [1.29, 1.82) is 0 Å². The molecule has 4 heteroatoms. The fourth-order valence-corrected chi connectivity index (χ4v) is 4.92. The second-order valence-electron chi connectivity index (χ2n) is 7.93. The molecule has 1 amide bonds. The van der Waals surface area contributed by atoms with Crippen LogP contribution in [0.4, 0.5) is 0 Å². The van der Waals surface area contributed by atoms with Gasteiger partial charge in [0.1, 0.15) is 6.23 Å². The molecule has 1 spiro atoms. The molecule has 4 rings (SSSR count). The minimum atomic E-state index is -0.102. The van der Waals surface area contributed by atoms with E-state index in [4.69, 9.17) is 9.47 Å². The first-order valence-corrected chi connectivity index (χ1v) is 9.83. The quantitative estimate of drug-likeness (QED) is 0.832. The lowest BCUT2D eigenvalue weighted by atomic mass is 9.67. The van der Waals surface area contributed by atoms with E-state index < -0.39 is 0 Å². The van der Waals surface area contributed by atoms with Crippen molar-refractivity contribution in [3.05, 3.63) is 35.9 Å². The first kappa shape index (κ1) is 17.0. The van der Waals surface area contributed by atoms with Crippen molar-refractivity contribution in [3.8, 4) is 0 Å². The molecule has 2 saturated heterocycles. The molecule has 1 aromatic rings. The third kappa shape index (κ3) is 3.61. The van der Waals surface area contributed by atoms with E-state index in [0.717, 1.165) is 18.5 Å². The normalized spacial score (nSPS) is 28.8. The Morgan fingerprint density at radius 3 is 2.64 bits per heavy atom. The molecule has 0 aromatic heterocycles. The standard InChI is InChI=1S/C21H29NO3/c23-19-14-18(16-24-15-17-8-3-1-4-9-17)25-20-21(10-5-2-6-11-21)12-7-13-22(19)20/h1,3-4,8-9,18,20H,2,5-7,10-16H2/t18-,20-/m0/s1. The molecule has 1 aromatic carbocycles. The van der Waals surface area contributed by atoms with Gasteiger partial charge in [-0.2, -0.15) is 0 Å². The summed E-state index contributed by atoms with van der Waals surface area (Å²) in [6, 6.07) is 10.2. The van der Waals surface area contributed by atoms with Crippen molar-refractivity contribution in [2.75, 3.05) is 13.2 Å². The van der Waals surface area contributed by atoms with E-state index in [9.17, 15) is 4.79 Å². The average molecular weight is 343 g/mol. The van der Waals surface area contributed by atoms with Crippen LogP contribution in [0.25, 0.3) is 0 Å². The number of rotatable bonds is 4. The van der Waals surface area contributed by atoms with Crippen molar-refractivity contribution in [2.24, 2.45) is 5.41 Å². The van der Waals surface area contributed by atoms with Gasteiger partial charge in [-0.3, -0.25) is 4.79 Å². The van der Waals surface area contributed by atoms with Crippen LogP contribution < -0.4 is 0 Å². The highest BCUT2D eigenvalue weighted by Gasteiger charge is 2.50. The van der Waals surface area contributed by atoms with Gasteiger partial charge in [-0.25, -0.2) is 0 Å². The zero-order valence-electron chi connectivity index (χ0n) is 15.0. The molecule has 3 fully saturated rings. The van der Waals surface area contributed by atoms with Gasteiger partial charge in [-0.05, 0) is 31.2 Å². The summed E-state index contributed by atoms with van der Waals surface area (Å²) >= 11 is 0. The third-order valence-corrected chi connectivity index (χ3v) is 6.19. The van der Waals surface area contributed by atoms with Crippen LogP contribution in [-0.2, 0) is 20.9 Å². The summed E-state index contributed by atoms with van der Waals surface area (Å²) in [6.07, 6.45) is 8.96. The van der Waals surface area contributed by atoms with E-state index >= 15 is 0 Å². The van der Waals surface area contributed by atoms with Crippen LogP contribution in [0.2, 0.25) is 0 Å². The highest BCUT2D eigenvalue weighted by molar-refractivity contribution is 5.77. The molecular weight excluding hydrogens is 314 g/mol. The largest absolute Gasteiger partial charge is 0.374 e. The van der Waals surface area contributed by atoms with Crippen LogP contribution in [0.1, 0.15) is 56.9 Å². The Morgan fingerprint density at radius 1 is 1.08 bits per heavy atom. The van der Waals surface area contributed by atoms with E-state index in [1.54, 1.807) is 0 Å². The van der Waals surface area contributed by atoms with Crippen LogP contribution >= 0.6 is 0 Å². The molecule has 3 aliphatic rings. The number of benzene rings is 1. The Morgan fingerprint density at radius 2 is 1.84 bits per heavy atom. The van der Waals surface area contributed by atoms with E-state index in [1.807, 2.05) is 23.1 Å². The lowest BCUT2D eigenvalue weighted by Gasteiger charge is -2.54. The van der Waals surface area contributed by atoms with Crippen LogP contribution in [0.5, 0.6) is 0 Å². The lowest BCUT2D eigenvalue weighted by molar-refractivity contribution is -0.228. The van der Waals surface area contributed by atoms with Crippen LogP contribution in [0.3, 0.4) is 0 Å². The number of carbonyl (C=O) groups excluding carboxylic acids is 1. The summed E-state index contributed by atoms with van der Waals surface area (Å²) in [5, 5.41) is 0. The van der Waals surface area contributed by atoms with Crippen LogP contribution in [0, 0.1) is 5.41 Å². The third-order valence-electron chi connectivity index (χ3n) is 6.19. The number of fused-ring (bicyclic) bond motifs is 2. The monoisotopic (exact) mass is 343 g/mol. The van der Waals surface area contributed by atoms with Crippen molar-refractivity contribution in [3.63, 3.8) is 0 Å². The van der Waals surface area contributed by atoms with Gasteiger partial charge in [-0.1, -0.05) is 49.6 Å². The fourth-order valence-electron chi connectivity index (χ4n) is 4.92. The Labute approximate surface area is 150 Å². The lowest BCUT2D eigenvalue weighted by Crippen LogP contribution is -2.61. The number of ether oxygens (including phenoxy) is 2. The van der Waals surface area contributed by atoms with Crippen LogP contribution in [-0.4, -0.2) is 36.3 Å². The van der Waals surface area contributed by atoms with Crippen molar-refractivity contribution >= 4 is 5.91 Å². The number of hydrogen-bond acceptors (Lipinski definition) is 3. The van der Waals surface area contributed by atoms with Gasteiger partial charge in [0.05, 0.1) is 25.7 Å². The summed E-state index contributed by atoms with van der Waals surface area (Å²) < 4.78 is 12.3. The molecule has 0 bridgehead atoms. The number of piperidine rings is 1. The number of carbonyl (C=O) groups is 1.